The lowest BCUT2D eigenvalue weighted by Gasteiger charge is -2.17. The van der Waals surface area contributed by atoms with E-state index in [9.17, 15) is 0 Å². The number of H-pyrrole nitrogens is 2. The molecule has 12 heteroatoms. The Morgan fingerprint density at radius 2 is 1.67 bits per heavy atom. The standard InChI is InChI=1S/C13H23N7.C8H11N5/c14-4-1-2-10-12(20-13(17)19-10)9(3-5-15)8-6-11(16)18-7-8;9-7-2-5(3-11-7)1-6-4-12-8(10)13-6/h7,9H,1-6,14-15H2,(H2,16,18)(H3,17,19,20);3-4H,1-2H2,(H2,9,11)(H3,10,12,13). The van der Waals surface area contributed by atoms with Crippen molar-refractivity contribution in [2.45, 2.75) is 44.4 Å². The first-order valence-electron chi connectivity index (χ1n) is 10.9. The molecule has 4 rings (SSSR count). The SMILES string of the molecule is NC1=NC=C(Cc2cnc(N)[nH]2)C1.NCCCc1[nH]c(N)nc1C(CCN)C1=CN=C(N)C1. The van der Waals surface area contributed by atoms with Crippen molar-refractivity contribution in [3.05, 3.63) is 46.8 Å². The van der Waals surface area contributed by atoms with Crippen molar-refractivity contribution in [3.8, 4) is 0 Å². The molecule has 0 radical (unpaired) electrons. The molecule has 0 amide bonds. The molecular weight excluding hydrogens is 420 g/mol. The lowest BCUT2D eigenvalue weighted by Crippen LogP contribution is -2.15. The number of amidine groups is 2. The summed E-state index contributed by atoms with van der Waals surface area (Å²) in [5, 5.41) is 0. The van der Waals surface area contributed by atoms with Crippen molar-refractivity contribution < 1.29 is 0 Å². The molecule has 33 heavy (non-hydrogen) atoms. The number of hydrogen-bond donors (Lipinski definition) is 8. The number of nitrogen functional groups attached to an aromatic ring is 2. The van der Waals surface area contributed by atoms with Gasteiger partial charge in [0, 0.05) is 49.0 Å². The van der Waals surface area contributed by atoms with Gasteiger partial charge in [0.25, 0.3) is 0 Å². The van der Waals surface area contributed by atoms with Crippen molar-refractivity contribution in [2.24, 2.45) is 32.9 Å². The Morgan fingerprint density at radius 1 is 0.909 bits per heavy atom. The minimum absolute atomic E-state index is 0.117. The summed E-state index contributed by atoms with van der Waals surface area (Å²) < 4.78 is 0. The van der Waals surface area contributed by atoms with E-state index in [0.717, 1.165) is 54.8 Å². The van der Waals surface area contributed by atoms with Crippen LogP contribution < -0.4 is 34.4 Å². The van der Waals surface area contributed by atoms with Crippen molar-refractivity contribution in [2.75, 3.05) is 24.6 Å². The Morgan fingerprint density at radius 3 is 2.24 bits per heavy atom. The predicted octanol–water partition coefficient (Wildman–Crippen LogP) is 0.140. The fourth-order valence-electron chi connectivity index (χ4n) is 3.86. The Kier molecular flexibility index (Phi) is 8.22. The van der Waals surface area contributed by atoms with Gasteiger partial charge in [0.15, 0.2) is 11.9 Å². The molecule has 0 aliphatic carbocycles. The van der Waals surface area contributed by atoms with Gasteiger partial charge in [-0.3, -0.25) is 0 Å². The van der Waals surface area contributed by atoms with Gasteiger partial charge in [0.05, 0.1) is 11.9 Å². The van der Waals surface area contributed by atoms with Gasteiger partial charge in [-0.25, -0.2) is 20.0 Å². The second-order valence-electron chi connectivity index (χ2n) is 8.06. The van der Waals surface area contributed by atoms with Gasteiger partial charge in [-0.15, -0.1) is 0 Å². The van der Waals surface area contributed by atoms with E-state index in [-0.39, 0.29) is 5.92 Å². The average Bonchev–Trinajstić information content (AvgIpc) is 3.56. The number of aliphatic imine (C=N–C) groups is 2. The summed E-state index contributed by atoms with van der Waals surface area (Å²) in [5.41, 5.74) is 39.2. The number of imidazole rings is 2. The molecule has 0 bridgehead atoms. The molecule has 0 fully saturated rings. The van der Waals surface area contributed by atoms with E-state index < -0.39 is 0 Å². The molecular formula is C21H34N12. The molecule has 12 nitrogen and oxygen atoms in total. The monoisotopic (exact) mass is 454 g/mol. The zero-order valence-electron chi connectivity index (χ0n) is 18.7. The predicted molar refractivity (Wildman–Crippen MR) is 132 cm³/mol. The number of hydrogen-bond acceptors (Lipinski definition) is 10. The zero-order valence-corrected chi connectivity index (χ0v) is 18.7. The second-order valence-corrected chi connectivity index (χ2v) is 8.06. The average molecular weight is 455 g/mol. The van der Waals surface area contributed by atoms with Gasteiger partial charge in [0.2, 0.25) is 0 Å². The van der Waals surface area contributed by atoms with Crippen molar-refractivity contribution in [1.29, 1.82) is 0 Å². The van der Waals surface area contributed by atoms with E-state index in [0.29, 0.717) is 43.1 Å². The van der Waals surface area contributed by atoms with Crippen molar-refractivity contribution in [1.82, 2.24) is 19.9 Å². The fraction of sp³-hybridized carbons (Fsp3) is 0.429. The summed E-state index contributed by atoms with van der Waals surface area (Å²) in [6.45, 7) is 1.21. The van der Waals surface area contributed by atoms with E-state index >= 15 is 0 Å². The third-order valence-corrected chi connectivity index (χ3v) is 5.36. The molecule has 2 aromatic heterocycles. The van der Waals surface area contributed by atoms with E-state index in [4.69, 9.17) is 34.4 Å². The quantitative estimate of drug-likeness (QED) is 0.258. The van der Waals surface area contributed by atoms with Crippen LogP contribution in [0.15, 0.2) is 39.7 Å². The fourth-order valence-corrected chi connectivity index (χ4v) is 3.86. The van der Waals surface area contributed by atoms with Gasteiger partial charge in [0.1, 0.15) is 11.7 Å². The Labute approximate surface area is 192 Å². The van der Waals surface area contributed by atoms with Crippen LogP contribution in [0.5, 0.6) is 0 Å². The maximum atomic E-state index is 5.81. The van der Waals surface area contributed by atoms with E-state index in [1.165, 1.54) is 5.57 Å². The number of nitrogens with two attached hydrogens (primary N) is 6. The minimum atomic E-state index is 0.117. The van der Waals surface area contributed by atoms with Crippen LogP contribution in [0.2, 0.25) is 0 Å². The zero-order chi connectivity index (χ0) is 23.8. The van der Waals surface area contributed by atoms with Crippen LogP contribution in [0.4, 0.5) is 11.9 Å². The molecule has 2 aliphatic heterocycles. The highest BCUT2D eigenvalue weighted by atomic mass is 15.0. The van der Waals surface area contributed by atoms with E-state index in [1.54, 1.807) is 12.4 Å². The number of aryl methyl sites for hydroxylation is 1. The van der Waals surface area contributed by atoms with Crippen LogP contribution in [0.25, 0.3) is 0 Å². The molecule has 0 spiro atoms. The van der Waals surface area contributed by atoms with Gasteiger partial charge < -0.3 is 44.4 Å². The van der Waals surface area contributed by atoms with Crippen LogP contribution in [0.1, 0.15) is 48.7 Å². The van der Waals surface area contributed by atoms with Crippen LogP contribution in [0.3, 0.4) is 0 Å². The molecule has 0 saturated carbocycles. The van der Waals surface area contributed by atoms with E-state index in [1.807, 2.05) is 6.20 Å². The van der Waals surface area contributed by atoms with Crippen LogP contribution in [-0.4, -0.2) is 44.7 Å². The highest BCUT2D eigenvalue weighted by molar-refractivity contribution is 5.86. The van der Waals surface area contributed by atoms with E-state index in [2.05, 4.69) is 29.9 Å². The number of rotatable bonds is 9. The Hall–Kier alpha value is -3.64. The molecule has 0 aromatic carbocycles. The molecule has 1 atom stereocenters. The third-order valence-electron chi connectivity index (χ3n) is 5.36. The first-order chi connectivity index (χ1) is 15.9. The number of aromatic nitrogens is 4. The first kappa shape index (κ1) is 24.0. The summed E-state index contributed by atoms with van der Waals surface area (Å²) in [4.78, 5) is 22.6. The van der Waals surface area contributed by atoms with Crippen molar-refractivity contribution >= 4 is 23.6 Å². The van der Waals surface area contributed by atoms with Gasteiger partial charge in [-0.05, 0) is 43.5 Å². The molecule has 2 aromatic rings. The van der Waals surface area contributed by atoms with Gasteiger partial charge >= 0.3 is 0 Å². The molecule has 4 heterocycles. The number of nitrogens with one attached hydrogen (secondary N) is 2. The summed E-state index contributed by atoms with van der Waals surface area (Å²) in [6, 6.07) is 0. The maximum Gasteiger partial charge on any atom is 0.197 e. The third kappa shape index (κ3) is 6.67. The second kappa shape index (κ2) is 11.3. The van der Waals surface area contributed by atoms with Gasteiger partial charge in [-0.1, -0.05) is 0 Å². The number of nitrogens with zero attached hydrogens (tertiary/aromatic N) is 4. The van der Waals surface area contributed by atoms with Crippen LogP contribution in [0, 0.1) is 0 Å². The number of anilines is 2. The highest BCUT2D eigenvalue weighted by Gasteiger charge is 2.25. The summed E-state index contributed by atoms with van der Waals surface area (Å²) in [6.07, 6.45) is 10.1. The lowest BCUT2D eigenvalue weighted by molar-refractivity contribution is 0.675. The highest BCUT2D eigenvalue weighted by Crippen LogP contribution is 2.33. The Bertz CT molecular complexity index is 1060. The first-order valence-corrected chi connectivity index (χ1v) is 10.9. The molecule has 14 N–H and O–H groups in total. The molecule has 1 unspecified atom stereocenters. The maximum absolute atomic E-state index is 5.81. The van der Waals surface area contributed by atoms with Crippen LogP contribution in [-0.2, 0) is 12.8 Å². The summed E-state index contributed by atoms with van der Waals surface area (Å²) in [7, 11) is 0. The van der Waals surface area contributed by atoms with Crippen LogP contribution >= 0.6 is 0 Å². The van der Waals surface area contributed by atoms with Crippen molar-refractivity contribution in [3.63, 3.8) is 0 Å². The smallest absolute Gasteiger partial charge is 0.197 e. The molecule has 178 valence electrons. The van der Waals surface area contributed by atoms with Gasteiger partial charge in [-0.2, -0.15) is 0 Å². The topological polar surface area (TPSA) is 238 Å². The molecule has 0 saturated heterocycles. The largest absolute Gasteiger partial charge is 0.387 e. The summed E-state index contributed by atoms with van der Waals surface area (Å²) >= 11 is 0. The lowest BCUT2D eigenvalue weighted by atomic mass is 9.89. The summed E-state index contributed by atoms with van der Waals surface area (Å²) in [5.74, 6) is 2.30. The minimum Gasteiger partial charge on any atom is -0.387 e. The molecule has 2 aliphatic rings. The Balaban J connectivity index is 0.000000203. The normalized spacial score (nSPS) is 15.9. The number of aromatic amines is 2.